The van der Waals surface area contributed by atoms with E-state index in [-0.39, 0.29) is 11.2 Å². The van der Waals surface area contributed by atoms with Crippen LogP contribution < -0.4 is 5.46 Å². The Morgan fingerprint density at radius 2 is 1.67 bits per heavy atom. The normalized spacial score (nSPS) is 19.3. The third kappa shape index (κ3) is 2.62. The summed E-state index contributed by atoms with van der Waals surface area (Å²) in [5.74, 6) is 0. The first-order valence-electron chi connectivity index (χ1n) is 8.47. The first kappa shape index (κ1) is 17.0. The van der Waals surface area contributed by atoms with Gasteiger partial charge in [0, 0.05) is 0 Å². The summed E-state index contributed by atoms with van der Waals surface area (Å²) in [4.78, 5) is 0. The highest BCUT2D eigenvalue weighted by molar-refractivity contribution is 6.66. The number of fused-ring (bicyclic) bond motifs is 1. The Kier molecular flexibility index (Phi) is 4.19. The minimum absolute atomic E-state index is 0.365. The van der Waals surface area contributed by atoms with Crippen LogP contribution in [-0.4, -0.2) is 18.3 Å². The molecule has 0 unspecified atom stereocenters. The second-order valence-corrected chi connectivity index (χ2v) is 7.31. The molecule has 2 nitrogen and oxygen atoms in total. The molecule has 0 atom stereocenters. The Bertz CT molecular complexity index is 802. The average molecular weight is 320 g/mol. The van der Waals surface area contributed by atoms with Crippen LogP contribution in [0.2, 0.25) is 0 Å². The van der Waals surface area contributed by atoms with Crippen LogP contribution in [0.5, 0.6) is 0 Å². The van der Waals surface area contributed by atoms with Crippen LogP contribution in [0.3, 0.4) is 0 Å². The molecule has 0 radical (unpaired) electrons. The fourth-order valence-corrected chi connectivity index (χ4v) is 3.15. The molecular weight excluding hydrogens is 295 g/mol. The van der Waals surface area contributed by atoms with Gasteiger partial charge in [0.25, 0.3) is 0 Å². The second kappa shape index (κ2) is 5.91. The topological polar surface area (TPSA) is 18.5 Å². The smallest absolute Gasteiger partial charge is 0.399 e. The Morgan fingerprint density at radius 1 is 1.04 bits per heavy atom. The Labute approximate surface area is 145 Å². The van der Waals surface area contributed by atoms with Gasteiger partial charge in [-0.05, 0) is 68.0 Å². The molecule has 24 heavy (non-hydrogen) atoms. The number of hydrogen-bond donors (Lipinski definition) is 0. The summed E-state index contributed by atoms with van der Waals surface area (Å²) in [6.07, 6.45) is 6.06. The SMILES string of the molecule is C=Cc1cc2ccccc2c(B2OC(C)(C)C(C)(C)O2)c1/C=C\C. The van der Waals surface area contributed by atoms with E-state index in [1.165, 1.54) is 5.39 Å². The number of benzene rings is 2. The molecule has 0 amide bonds. The molecule has 1 fully saturated rings. The van der Waals surface area contributed by atoms with Crippen molar-refractivity contribution in [2.45, 2.75) is 45.8 Å². The lowest BCUT2D eigenvalue weighted by atomic mass is 9.71. The summed E-state index contributed by atoms with van der Waals surface area (Å²) in [7, 11) is -0.397. The lowest BCUT2D eigenvalue weighted by Gasteiger charge is -2.32. The molecule has 1 aliphatic rings. The van der Waals surface area contributed by atoms with Gasteiger partial charge in [-0.3, -0.25) is 0 Å². The van der Waals surface area contributed by atoms with Gasteiger partial charge in [0.15, 0.2) is 0 Å². The van der Waals surface area contributed by atoms with Crippen LogP contribution in [0.1, 0.15) is 45.7 Å². The van der Waals surface area contributed by atoms with Crippen molar-refractivity contribution in [1.82, 2.24) is 0 Å². The van der Waals surface area contributed by atoms with Crippen molar-refractivity contribution in [3.05, 3.63) is 54.1 Å². The fraction of sp³-hybridized carbons (Fsp3) is 0.333. The van der Waals surface area contributed by atoms with Gasteiger partial charge in [-0.2, -0.15) is 0 Å². The standard InChI is InChI=1S/C21H25BO2/c1-7-11-17-15(8-2)14-16-12-9-10-13-18(16)19(17)22-23-20(3,4)21(5,6)24-22/h7-14H,2H2,1,3-6H3/b11-7-. The van der Waals surface area contributed by atoms with E-state index in [2.05, 4.69) is 70.7 Å². The van der Waals surface area contributed by atoms with E-state index in [0.29, 0.717) is 0 Å². The third-order valence-corrected chi connectivity index (χ3v) is 5.21. The largest absolute Gasteiger partial charge is 0.496 e. The van der Waals surface area contributed by atoms with Crippen LogP contribution in [-0.2, 0) is 9.31 Å². The highest BCUT2D eigenvalue weighted by atomic mass is 16.7. The summed E-state index contributed by atoms with van der Waals surface area (Å²) < 4.78 is 12.7. The summed E-state index contributed by atoms with van der Waals surface area (Å²) in [5.41, 5.74) is 2.56. The Hall–Kier alpha value is -1.84. The molecule has 3 heteroatoms. The second-order valence-electron chi connectivity index (χ2n) is 7.31. The average Bonchev–Trinajstić information content (AvgIpc) is 2.74. The van der Waals surface area contributed by atoms with Crippen molar-refractivity contribution in [3.63, 3.8) is 0 Å². The molecule has 0 saturated carbocycles. The van der Waals surface area contributed by atoms with Crippen molar-refractivity contribution in [1.29, 1.82) is 0 Å². The van der Waals surface area contributed by atoms with E-state index in [1.807, 2.05) is 19.1 Å². The molecule has 0 N–H and O–H groups in total. The molecule has 1 aliphatic heterocycles. The number of allylic oxidation sites excluding steroid dienone is 1. The van der Waals surface area contributed by atoms with E-state index in [9.17, 15) is 0 Å². The molecule has 124 valence electrons. The van der Waals surface area contributed by atoms with Crippen LogP contribution in [0.15, 0.2) is 43.0 Å². The maximum Gasteiger partial charge on any atom is 0.496 e. The first-order valence-corrected chi connectivity index (χ1v) is 8.47. The molecule has 2 aromatic carbocycles. The van der Waals surface area contributed by atoms with Crippen molar-refractivity contribution < 1.29 is 9.31 Å². The number of rotatable bonds is 3. The lowest BCUT2D eigenvalue weighted by Crippen LogP contribution is -2.41. The van der Waals surface area contributed by atoms with Crippen LogP contribution in [0, 0.1) is 0 Å². The molecule has 1 saturated heterocycles. The van der Waals surface area contributed by atoms with Crippen molar-refractivity contribution in [3.8, 4) is 0 Å². The van der Waals surface area contributed by atoms with E-state index >= 15 is 0 Å². The van der Waals surface area contributed by atoms with Crippen LogP contribution in [0.4, 0.5) is 0 Å². The highest BCUT2D eigenvalue weighted by Gasteiger charge is 2.52. The quantitative estimate of drug-likeness (QED) is 0.755. The summed E-state index contributed by atoms with van der Waals surface area (Å²) >= 11 is 0. The van der Waals surface area contributed by atoms with Gasteiger partial charge in [0.2, 0.25) is 0 Å². The highest BCUT2D eigenvalue weighted by Crippen LogP contribution is 2.37. The maximum absolute atomic E-state index is 6.35. The Morgan fingerprint density at radius 3 is 2.25 bits per heavy atom. The minimum atomic E-state index is -0.397. The summed E-state index contributed by atoms with van der Waals surface area (Å²) in [6.45, 7) is 14.4. The Balaban J connectivity index is 2.30. The van der Waals surface area contributed by atoms with Gasteiger partial charge < -0.3 is 9.31 Å². The zero-order valence-corrected chi connectivity index (χ0v) is 15.2. The maximum atomic E-state index is 6.35. The third-order valence-electron chi connectivity index (χ3n) is 5.21. The number of hydrogen-bond acceptors (Lipinski definition) is 2. The lowest BCUT2D eigenvalue weighted by molar-refractivity contribution is 0.00578. The van der Waals surface area contributed by atoms with Gasteiger partial charge in [-0.1, -0.05) is 49.1 Å². The van der Waals surface area contributed by atoms with Gasteiger partial charge in [-0.15, -0.1) is 0 Å². The van der Waals surface area contributed by atoms with Gasteiger partial charge in [0.1, 0.15) is 0 Å². The van der Waals surface area contributed by atoms with Gasteiger partial charge in [0.05, 0.1) is 11.2 Å². The predicted molar refractivity (Wildman–Crippen MR) is 104 cm³/mol. The zero-order valence-electron chi connectivity index (χ0n) is 15.2. The van der Waals surface area contributed by atoms with E-state index in [4.69, 9.17) is 9.31 Å². The summed E-state index contributed by atoms with van der Waals surface area (Å²) in [6, 6.07) is 10.5. The fourth-order valence-electron chi connectivity index (χ4n) is 3.15. The van der Waals surface area contributed by atoms with Crippen molar-refractivity contribution >= 4 is 35.5 Å². The van der Waals surface area contributed by atoms with Crippen molar-refractivity contribution in [2.24, 2.45) is 0 Å². The van der Waals surface area contributed by atoms with E-state index < -0.39 is 7.12 Å². The molecule has 0 bridgehead atoms. The van der Waals surface area contributed by atoms with Crippen molar-refractivity contribution in [2.75, 3.05) is 0 Å². The van der Waals surface area contributed by atoms with E-state index in [0.717, 1.165) is 22.0 Å². The van der Waals surface area contributed by atoms with Crippen LogP contribution in [0.25, 0.3) is 22.9 Å². The molecule has 0 spiro atoms. The monoisotopic (exact) mass is 320 g/mol. The molecule has 2 aromatic rings. The minimum Gasteiger partial charge on any atom is -0.399 e. The van der Waals surface area contributed by atoms with E-state index in [1.54, 1.807) is 0 Å². The predicted octanol–water partition coefficient (Wildman–Crippen LogP) is 4.82. The molecule has 1 heterocycles. The molecule has 0 aromatic heterocycles. The molecular formula is C21H25BO2. The first-order chi connectivity index (χ1) is 11.3. The van der Waals surface area contributed by atoms with Crippen LogP contribution >= 0.6 is 0 Å². The van der Waals surface area contributed by atoms with Gasteiger partial charge >= 0.3 is 7.12 Å². The molecule has 0 aliphatic carbocycles. The molecule has 3 rings (SSSR count). The summed E-state index contributed by atoms with van der Waals surface area (Å²) in [5, 5.41) is 2.33. The van der Waals surface area contributed by atoms with Gasteiger partial charge in [-0.25, -0.2) is 0 Å². The zero-order chi connectivity index (χ0) is 17.5.